The van der Waals surface area contributed by atoms with Gasteiger partial charge in [-0.3, -0.25) is 10.3 Å². The van der Waals surface area contributed by atoms with Crippen molar-refractivity contribution in [2.45, 2.75) is 6.92 Å². The predicted molar refractivity (Wildman–Crippen MR) is 104 cm³/mol. The second-order valence-electron chi connectivity index (χ2n) is 5.37. The number of aromatic nitrogens is 3. The molecule has 0 spiro atoms. The summed E-state index contributed by atoms with van der Waals surface area (Å²) in [7, 11) is 0. The Morgan fingerprint density at radius 1 is 1.26 bits per heavy atom. The number of fused-ring (bicyclic) bond motifs is 1. The van der Waals surface area contributed by atoms with Gasteiger partial charge in [0.15, 0.2) is 5.13 Å². The van der Waals surface area contributed by atoms with Crippen molar-refractivity contribution in [3.63, 3.8) is 0 Å². The van der Waals surface area contributed by atoms with Crippen LogP contribution in [0.1, 0.15) is 17.3 Å². The third-order valence-corrected chi connectivity index (χ3v) is 4.35. The van der Waals surface area contributed by atoms with Gasteiger partial charge in [0, 0.05) is 36.3 Å². The summed E-state index contributed by atoms with van der Waals surface area (Å²) in [5, 5.41) is 5.71. The van der Waals surface area contributed by atoms with Crippen molar-refractivity contribution in [2.24, 2.45) is 0 Å². The highest BCUT2D eigenvalue weighted by Crippen LogP contribution is 2.28. The molecular weight excluding hydrogens is 366 g/mol. The number of thiazole rings is 1. The van der Waals surface area contributed by atoms with Crippen LogP contribution >= 0.6 is 11.3 Å². The Balaban J connectivity index is 1.84. The van der Waals surface area contributed by atoms with Crippen LogP contribution in [-0.2, 0) is 4.74 Å². The van der Waals surface area contributed by atoms with Crippen molar-refractivity contribution in [3.05, 3.63) is 48.9 Å². The van der Waals surface area contributed by atoms with Crippen LogP contribution in [0.2, 0.25) is 0 Å². The minimum Gasteiger partial charge on any atom is -0.462 e. The Hall–Kier alpha value is -3.33. The smallest absolute Gasteiger partial charge is 0.339 e. The van der Waals surface area contributed by atoms with Gasteiger partial charge in [-0.25, -0.2) is 19.6 Å². The third-order valence-electron chi connectivity index (χ3n) is 3.46. The first-order chi connectivity index (χ1) is 13.1. The van der Waals surface area contributed by atoms with Crippen LogP contribution in [0.3, 0.4) is 0 Å². The molecule has 0 radical (unpaired) electrons. The molecule has 9 heteroatoms. The number of hydrogen-bond donors (Lipinski definition) is 2. The molecule has 27 heavy (non-hydrogen) atoms. The number of rotatable bonds is 6. The Morgan fingerprint density at radius 3 is 2.85 bits per heavy atom. The Morgan fingerprint density at radius 2 is 2.07 bits per heavy atom. The number of pyridine rings is 2. The molecule has 0 aromatic carbocycles. The zero-order chi connectivity index (χ0) is 19.2. The molecule has 0 bridgehead atoms. The molecular formula is C18H17N5O3S. The third kappa shape index (κ3) is 4.45. The molecule has 2 N–H and O–H groups in total. The van der Waals surface area contributed by atoms with E-state index in [-0.39, 0.29) is 6.03 Å². The van der Waals surface area contributed by atoms with Gasteiger partial charge in [-0.1, -0.05) is 17.4 Å². The second-order valence-corrected chi connectivity index (χ2v) is 6.35. The molecule has 0 aliphatic carbocycles. The van der Waals surface area contributed by atoms with E-state index in [1.54, 1.807) is 31.5 Å². The highest BCUT2D eigenvalue weighted by molar-refractivity contribution is 7.21. The van der Waals surface area contributed by atoms with Gasteiger partial charge in [-0.15, -0.1) is 6.58 Å². The van der Waals surface area contributed by atoms with Gasteiger partial charge < -0.3 is 10.1 Å². The number of carbonyl (C=O) groups is 2. The first-order valence-electron chi connectivity index (χ1n) is 8.15. The zero-order valence-electron chi connectivity index (χ0n) is 14.6. The quantitative estimate of drug-likeness (QED) is 0.500. The average molecular weight is 383 g/mol. The van der Waals surface area contributed by atoms with Gasteiger partial charge in [-0.2, -0.15) is 0 Å². The molecule has 2 amide bonds. The molecule has 0 aliphatic rings. The van der Waals surface area contributed by atoms with E-state index in [2.05, 4.69) is 32.2 Å². The minimum absolute atomic E-state index is 0.297. The lowest BCUT2D eigenvalue weighted by molar-refractivity contribution is 0.0526. The minimum atomic E-state index is -0.424. The summed E-state index contributed by atoms with van der Waals surface area (Å²) >= 11 is 1.27. The molecule has 3 aromatic heterocycles. The molecule has 0 fully saturated rings. The van der Waals surface area contributed by atoms with Crippen molar-refractivity contribution >= 4 is 38.8 Å². The van der Waals surface area contributed by atoms with Crippen LogP contribution in [0.25, 0.3) is 21.5 Å². The van der Waals surface area contributed by atoms with Crippen molar-refractivity contribution < 1.29 is 14.3 Å². The van der Waals surface area contributed by atoms with E-state index >= 15 is 0 Å². The average Bonchev–Trinajstić information content (AvgIpc) is 3.08. The molecule has 0 unspecified atom stereocenters. The monoisotopic (exact) mass is 383 g/mol. The van der Waals surface area contributed by atoms with E-state index in [1.165, 1.54) is 17.5 Å². The van der Waals surface area contributed by atoms with Crippen LogP contribution < -0.4 is 10.6 Å². The van der Waals surface area contributed by atoms with E-state index in [9.17, 15) is 9.59 Å². The normalized spacial score (nSPS) is 10.4. The predicted octanol–water partition coefficient (Wildman–Crippen LogP) is 3.24. The summed E-state index contributed by atoms with van der Waals surface area (Å²) in [6, 6.07) is 3.17. The largest absolute Gasteiger partial charge is 0.462 e. The molecule has 0 atom stereocenters. The van der Waals surface area contributed by atoms with E-state index in [0.29, 0.717) is 34.2 Å². The summed E-state index contributed by atoms with van der Waals surface area (Å²) < 4.78 is 5.00. The summed E-state index contributed by atoms with van der Waals surface area (Å²) in [5.74, 6) is -0.424. The maximum absolute atomic E-state index is 11.9. The first-order valence-corrected chi connectivity index (χ1v) is 8.97. The summed E-state index contributed by atoms with van der Waals surface area (Å²) in [6.07, 6.45) is 6.36. The van der Waals surface area contributed by atoms with Crippen molar-refractivity contribution in [3.8, 4) is 11.1 Å². The molecule has 0 aliphatic heterocycles. The van der Waals surface area contributed by atoms with E-state index in [0.717, 1.165) is 11.1 Å². The van der Waals surface area contributed by atoms with Gasteiger partial charge >= 0.3 is 12.0 Å². The van der Waals surface area contributed by atoms with E-state index < -0.39 is 5.97 Å². The Bertz CT molecular complexity index is 1000. The molecule has 3 aromatic rings. The molecule has 0 saturated carbocycles. The molecule has 3 heterocycles. The number of nitrogens with zero attached hydrogens (tertiary/aromatic N) is 3. The maximum atomic E-state index is 11.9. The van der Waals surface area contributed by atoms with Gasteiger partial charge in [0.2, 0.25) is 0 Å². The van der Waals surface area contributed by atoms with Gasteiger partial charge in [0.25, 0.3) is 0 Å². The fourth-order valence-electron chi connectivity index (χ4n) is 2.26. The molecule has 3 rings (SSSR count). The lowest BCUT2D eigenvalue weighted by Gasteiger charge is -2.04. The summed E-state index contributed by atoms with van der Waals surface area (Å²) in [6.45, 7) is 5.95. The lowest BCUT2D eigenvalue weighted by Crippen LogP contribution is -2.28. The number of nitrogens with one attached hydrogen (secondary N) is 2. The molecule has 0 saturated heterocycles. The number of anilines is 1. The van der Waals surface area contributed by atoms with Crippen molar-refractivity contribution in [1.82, 2.24) is 20.3 Å². The Kier molecular flexibility index (Phi) is 5.72. The maximum Gasteiger partial charge on any atom is 0.339 e. The number of esters is 1. The Labute approximate surface area is 159 Å². The number of carbonyl (C=O) groups excluding carboxylic acids is 2. The van der Waals surface area contributed by atoms with Crippen LogP contribution in [0.15, 0.2) is 43.4 Å². The number of ether oxygens (including phenoxy) is 1. The fraction of sp³-hybridized carbons (Fsp3) is 0.167. The van der Waals surface area contributed by atoms with Crippen LogP contribution in [0.4, 0.5) is 9.93 Å². The van der Waals surface area contributed by atoms with E-state index in [4.69, 9.17) is 4.74 Å². The van der Waals surface area contributed by atoms with Crippen molar-refractivity contribution in [1.29, 1.82) is 0 Å². The number of urea groups is 1. The molecule has 8 nitrogen and oxygen atoms in total. The fourth-order valence-corrected chi connectivity index (χ4v) is 3.05. The highest BCUT2D eigenvalue weighted by Gasteiger charge is 2.12. The second kappa shape index (κ2) is 8.37. The summed E-state index contributed by atoms with van der Waals surface area (Å²) in [5.41, 5.74) is 2.49. The topological polar surface area (TPSA) is 106 Å². The van der Waals surface area contributed by atoms with E-state index in [1.807, 2.05) is 6.07 Å². The first kappa shape index (κ1) is 18.5. The van der Waals surface area contributed by atoms with Gasteiger partial charge in [0.1, 0.15) is 10.3 Å². The van der Waals surface area contributed by atoms with Crippen molar-refractivity contribution in [2.75, 3.05) is 18.5 Å². The number of hydrogen-bond acceptors (Lipinski definition) is 7. The van der Waals surface area contributed by atoms with Crippen LogP contribution in [0, 0.1) is 0 Å². The highest BCUT2D eigenvalue weighted by atomic mass is 32.1. The lowest BCUT2D eigenvalue weighted by atomic mass is 10.1. The zero-order valence-corrected chi connectivity index (χ0v) is 15.4. The molecule has 138 valence electrons. The summed E-state index contributed by atoms with van der Waals surface area (Å²) in [4.78, 5) is 37.1. The van der Waals surface area contributed by atoms with Crippen LogP contribution in [0.5, 0.6) is 0 Å². The standard InChI is InChI=1S/C18H17N5O3S/c1-3-5-20-17(25)23-18-22-14-7-12(10-21-15(14)27-18)11-6-13(9-19-8-11)16(24)26-4-2/h3,6-10H,1,4-5H2,2H3,(H2,20,22,23,25). The van der Waals surface area contributed by atoms with Gasteiger partial charge in [0.05, 0.1) is 12.2 Å². The SMILES string of the molecule is C=CCNC(=O)Nc1nc2cc(-c3cncc(C(=O)OCC)c3)cnc2s1. The van der Waals surface area contributed by atoms with Gasteiger partial charge in [-0.05, 0) is 19.1 Å². The number of amides is 2. The van der Waals surface area contributed by atoms with Crippen LogP contribution in [-0.4, -0.2) is 40.1 Å².